The van der Waals surface area contributed by atoms with Gasteiger partial charge in [0.25, 0.3) is 0 Å². The van der Waals surface area contributed by atoms with Crippen molar-refractivity contribution in [2.45, 2.75) is 0 Å². The molecule has 41 heavy (non-hydrogen) atoms. The van der Waals surface area contributed by atoms with E-state index in [2.05, 4.69) is 42.5 Å². The Morgan fingerprint density at radius 1 is 0.634 bits per heavy atom. The zero-order chi connectivity index (χ0) is 30.0. The van der Waals surface area contributed by atoms with Gasteiger partial charge in [0.05, 0.1) is 0 Å². The van der Waals surface area contributed by atoms with Crippen LogP contribution in [0.1, 0.15) is 0 Å². The van der Waals surface area contributed by atoms with Gasteiger partial charge in [-0.25, -0.2) is 18.4 Å². The lowest BCUT2D eigenvalue weighted by molar-refractivity contribution is 0.248. The highest BCUT2D eigenvalue weighted by molar-refractivity contribution is 9.10. The maximum absolute atomic E-state index is 14.7. The average molecular weight is 752 g/mol. The smallest absolute Gasteiger partial charge is 0.346 e. The zero-order valence-corrected chi connectivity index (χ0v) is 25.5. The molecule has 8 nitrogen and oxygen atoms in total. The molecule has 0 aliphatic heterocycles. The van der Waals surface area contributed by atoms with Crippen LogP contribution in [-0.2, 0) is 0 Å². The summed E-state index contributed by atoms with van der Waals surface area (Å²) in [5.41, 5.74) is -0.905. The van der Waals surface area contributed by atoms with Crippen LogP contribution < -0.4 is 20.7 Å². The van der Waals surface area contributed by atoms with Crippen LogP contribution >= 0.6 is 66.7 Å². The predicted molar refractivity (Wildman–Crippen MR) is 162 cm³/mol. The number of halogens is 7. The highest BCUT2D eigenvalue weighted by atomic mass is 79.9. The molecule has 0 aliphatic carbocycles. The number of phenolic OH excluding ortho intramolecular Hbond substituents is 2. The molecule has 0 saturated heterocycles. The number of aromatic hydroxyl groups is 2. The van der Waals surface area contributed by atoms with Crippen molar-refractivity contribution in [2.24, 2.45) is 0 Å². The van der Waals surface area contributed by atoms with Gasteiger partial charge in [-0.3, -0.25) is 0 Å². The summed E-state index contributed by atoms with van der Waals surface area (Å²) in [6.45, 7) is 0. The number of carbonyl (C=O) groups is 2. The Morgan fingerprint density at radius 3 is 1.49 bits per heavy atom. The van der Waals surface area contributed by atoms with Crippen molar-refractivity contribution >= 4 is 101 Å². The molecule has 4 aromatic carbocycles. The summed E-state index contributed by atoms with van der Waals surface area (Å²) in [7, 11) is 0. The summed E-state index contributed by atoms with van der Waals surface area (Å²) in [5, 5.41) is 28.0. The summed E-state index contributed by atoms with van der Waals surface area (Å²) in [6, 6.07) is 11.7. The minimum absolute atomic E-state index is 0.0511. The van der Waals surface area contributed by atoms with Crippen molar-refractivity contribution in [1.29, 1.82) is 0 Å². The first-order valence-electron chi connectivity index (χ1n) is 11.1. The second-order valence-electron chi connectivity index (χ2n) is 8.16. The van der Waals surface area contributed by atoms with Crippen molar-refractivity contribution < 1.29 is 28.6 Å². The van der Waals surface area contributed by atoms with E-state index in [1.54, 1.807) is 0 Å². The molecular weight excluding hydrogens is 736 g/mol. The van der Waals surface area contributed by atoms with E-state index in [0.29, 0.717) is 15.0 Å². The minimum atomic E-state index is -1.18. The van der Waals surface area contributed by atoms with Crippen LogP contribution in [0, 0.1) is 11.6 Å². The fourth-order valence-corrected chi connectivity index (χ4v) is 5.04. The van der Waals surface area contributed by atoms with E-state index in [4.69, 9.17) is 34.8 Å². The van der Waals surface area contributed by atoms with Crippen molar-refractivity contribution in [1.82, 2.24) is 0 Å². The average Bonchev–Trinajstić information content (AvgIpc) is 2.87. The Balaban J connectivity index is 1.95. The first kappa shape index (κ1) is 30.7. The predicted octanol–water partition coefficient (Wildman–Crippen LogP) is 9.55. The Kier molecular flexibility index (Phi) is 9.50. The van der Waals surface area contributed by atoms with Crippen LogP contribution in [0.15, 0.2) is 75.7 Å². The van der Waals surface area contributed by atoms with E-state index in [9.17, 15) is 28.6 Å². The van der Waals surface area contributed by atoms with Gasteiger partial charge in [-0.05, 0) is 66.7 Å². The van der Waals surface area contributed by atoms with Gasteiger partial charge in [0.1, 0.15) is 11.4 Å². The molecule has 0 radical (unpaired) electrons. The zero-order valence-electron chi connectivity index (χ0n) is 20.1. The fourth-order valence-electron chi connectivity index (χ4n) is 3.56. The van der Waals surface area contributed by atoms with Crippen LogP contribution in [0.25, 0.3) is 0 Å². The molecular formula is C26H15Br2Cl3F2N4O4. The number of carbonyl (C=O) groups excluding carboxylic acids is 2. The molecule has 0 bridgehead atoms. The van der Waals surface area contributed by atoms with E-state index >= 15 is 0 Å². The molecule has 15 heteroatoms. The van der Waals surface area contributed by atoms with Gasteiger partial charge in [0.2, 0.25) is 0 Å². The third kappa shape index (κ3) is 7.14. The number of phenols is 2. The molecule has 0 aromatic heterocycles. The Bertz CT molecular complexity index is 1650. The maximum Gasteiger partial charge on any atom is 0.346 e. The first-order valence-corrected chi connectivity index (χ1v) is 13.9. The lowest BCUT2D eigenvalue weighted by atomic mass is 10.2. The lowest BCUT2D eigenvalue weighted by Gasteiger charge is -2.35. The van der Waals surface area contributed by atoms with Crippen LogP contribution in [-0.4, -0.2) is 22.3 Å². The number of amides is 4. The second kappa shape index (κ2) is 12.7. The molecule has 0 fully saturated rings. The standard InChI is InChI=1S/C26H15Br2Cl3F2N4O4/c27-12-5-19(32)23(38)21(7-12)36(25(40)34-17-3-1-14(29)2-4-17)37(22-8-13(28)6-20(33)24(22)39)26(41)35-18-10-15(30)9-16(31)11-18/h1-11,38-39H,(H,34,40)(H,35,41). The number of nitrogens with zero attached hydrogens (tertiary/aromatic N) is 2. The third-order valence-corrected chi connectivity index (χ3v) is 6.87. The van der Waals surface area contributed by atoms with Crippen molar-refractivity contribution in [3.8, 4) is 11.5 Å². The molecule has 4 rings (SSSR count). The summed E-state index contributed by atoms with van der Waals surface area (Å²) in [5.74, 6) is -4.42. The van der Waals surface area contributed by atoms with Crippen LogP contribution in [0.4, 0.5) is 41.1 Å². The van der Waals surface area contributed by atoms with Crippen molar-refractivity contribution in [3.05, 3.63) is 102 Å². The summed E-state index contributed by atoms with van der Waals surface area (Å²) >= 11 is 24.2. The highest BCUT2D eigenvalue weighted by Gasteiger charge is 2.35. The SMILES string of the molecule is O=C(Nc1ccc(Cl)cc1)N(c1cc(Br)cc(F)c1O)N(C(=O)Nc1cc(Cl)cc(Cl)c1)c1cc(Br)cc(F)c1O. The summed E-state index contributed by atoms with van der Waals surface area (Å²) in [4.78, 5) is 27.7. The number of benzene rings is 4. The number of urea groups is 2. The maximum atomic E-state index is 14.7. The molecule has 4 N–H and O–H groups in total. The van der Waals surface area contributed by atoms with Crippen LogP contribution in [0.2, 0.25) is 15.1 Å². The van der Waals surface area contributed by atoms with Crippen molar-refractivity contribution in [2.75, 3.05) is 20.7 Å². The van der Waals surface area contributed by atoms with Gasteiger partial charge < -0.3 is 20.8 Å². The van der Waals surface area contributed by atoms with Crippen molar-refractivity contribution in [3.63, 3.8) is 0 Å². The summed E-state index contributed by atoms with van der Waals surface area (Å²) in [6.07, 6.45) is 0. The number of nitrogens with one attached hydrogen (secondary N) is 2. The monoisotopic (exact) mass is 748 g/mol. The molecule has 4 aromatic rings. The van der Waals surface area contributed by atoms with E-state index < -0.39 is 46.6 Å². The molecule has 0 saturated carbocycles. The molecule has 4 amide bonds. The normalized spacial score (nSPS) is 10.7. The van der Waals surface area contributed by atoms with Gasteiger partial charge in [-0.15, -0.1) is 0 Å². The van der Waals surface area contributed by atoms with Crippen LogP contribution in [0.3, 0.4) is 0 Å². The Labute approximate surface area is 263 Å². The van der Waals surface area contributed by atoms with Gasteiger partial charge >= 0.3 is 12.1 Å². The largest absolute Gasteiger partial charge is 0.503 e. The molecule has 0 aliphatic rings. The summed E-state index contributed by atoms with van der Waals surface area (Å²) < 4.78 is 29.6. The lowest BCUT2D eigenvalue weighted by Crippen LogP contribution is -2.54. The molecule has 0 heterocycles. The second-order valence-corrected chi connectivity index (χ2v) is 11.3. The van der Waals surface area contributed by atoms with E-state index in [0.717, 1.165) is 24.3 Å². The highest BCUT2D eigenvalue weighted by Crippen LogP contribution is 2.40. The van der Waals surface area contributed by atoms with Gasteiger partial charge in [0, 0.05) is 35.4 Å². The first-order chi connectivity index (χ1) is 19.3. The molecule has 0 spiro atoms. The topological polar surface area (TPSA) is 105 Å². The van der Waals surface area contributed by atoms with E-state index in [-0.39, 0.29) is 30.4 Å². The van der Waals surface area contributed by atoms with Gasteiger partial charge in [0.15, 0.2) is 23.1 Å². The van der Waals surface area contributed by atoms with Gasteiger partial charge in [-0.2, -0.15) is 10.0 Å². The quantitative estimate of drug-likeness (QED) is 0.156. The molecule has 0 unspecified atom stereocenters. The third-order valence-electron chi connectivity index (χ3n) is 5.27. The number of hydrogen-bond donors (Lipinski definition) is 4. The Morgan fingerprint density at radius 2 is 1.05 bits per heavy atom. The van der Waals surface area contributed by atoms with Crippen LogP contribution in [0.5, 0.6) is 11.5 Å². The molecule has 0 atom stereocenters. The minimum Gasteiger partial charge on any atom is -0.503 e. The number of anilines is 4. The Hall–Kier alpha value is -3.29. The number of rotatable bonds is 4. The number of hydrazine groups is 1. The van der Waals surface area contributed by atoms with E-state index in [1.165, 1.54) is 42.5 Å². The van der Waals surface area contributed by atoms with Gasteiger partial charge in [-0.1, -0.05) is 66.7 Å². The van der Waals surface area contributed by atoms with E-state index in [1.807, 2.05) is 0 Å². The number of hydrogen-bond acceptors (Lipinski definition) is 4. The molecule has 212 valence electrons. The fraction of sp³-hybridized carbons (Fsp3) is 0.